The highest BCUT2D eigenvalue weighted by Gasteiger charge is 2.49. The number of carbonyl (C=O) groups is 1. The van der Waals surface area contributed by atoms with Crippen molar-refractivity contribution >= 4 is 22.9 Å². The van der Waals surface area contributed by atoms with Gasteiger partial charge in [-0.3, -0.25) is 9.36 Å². The molecule has 1 fully saturated rings. The molecule has 13 heteroatoms. The van der Waals surface area contributed by atoms with E-state index < -0.39 is 36.7 Å². The number of hydrogen-bond donors (Lipinski definition) is 6. The number of unbranched alkanes of at least 4 members (excludes halogenated alkanes) is 2. The highest BCUT2D eigenvalue weighted by Crippen LogP contribution is 2.40. The minimum atomic E-state index is -1.11. The van der Waals surface area contributed by atoms with Gasteiger partial charge in [-0.25, -0.2) is 15.0 Å². The molecule has 1 aromatic carbocycles. The summed E-state index contributed by atoms with van der Waals surface area (Å²) in [5.74, 6) is -0.0953. The predicted molar refractivity (Wildman–Crippen MR) is 158 cm³/mol. The zero-order valence-electron chi connectivity index (χ0n) is 24.0. The fourth-order valence-electron chi connectivity index (χ4n) is 5.57. The van der Waals surface area contributed by atoms with Crippen LogP contribution in [0.2, 0.25) is 0 Å². The number of aliphatic hydroxyl groups is 2. The largest absolute Gasteiger partial charge is 0.394 e. The lowest BCUT2D eigenvalue weighted by Crippen LogP contribution is -2.45. The van der Waals surface area contributed by atoms with Crippen LogP contribution >= 0.6 is 0 Å². The highest BCUT2D eigenvalue weighted by atomic mass is 16.6. The fraction of sp³-hybridized carbons (Fsp3) is 0.586. The number of rotatable bonds is 17. The van der Waals surface area contributed by atoms with Gasteiger partial charge in [-0.1, -0.05) is 18.2 Å². The van der Waals surface area contributed by atoms with Crippen LogP contribution in [-0.4, -0.2) is 85.8 Å². The summed E-state index contributed by atoms with van der Waals surface area (Å²) >= 11 is 0. The third kappa shape index (κ3) is 7.48. The average Bonchev–Trinajstić information content (AvgIpc) is 3.57. The van der Waals surface area contributed by atoms with Crippen molar-refractivity contribution in [3.63, 3.8) is 0 Å². The van der Waals surface area contributed by atoms with Crippen molar-refractivity contribution < 1.29 is 24.5 Å². The maximum absolute atomic E-state index is 12.8. The molecule has 3 aromatic rings. The van der Waals surface area contributed by atoms with Gasteiger partial charge in [0, 0.05) is 5.56 Å². The maximum Gasteiger partial charge on any atom is 0.256 e. The van der Waals surface area contributed by atoms with E-state index in [9.17, 15) is 15.0 Å². The van der Waals surface area contributed by atoms with Gasteiger partial charge in [0.05, 0.1) is 18.5 Å². The topological polar surface area (TPSA) is 210 Å². The third-order valence-corrected chi connectivity index (χ3v) is 7.79. The van der Waals surface area contributed by atoms with E-state index in [2.05, 4.69) is 20.3 Å². The summed E-state index contributed by atoms with van der Waals surface area (Å²) in [6, 6.07) is 8.79. The number of imidazole rings is 1. The molecule has 2 aromatic heterocycles. The molecule has 0 unspecified atom stereocenters. The Bertz CT molecular complexity index is 1250. The van der Waals surface area contributed by atoms with Crippen molar-refractivity contribution in [2.75, 3.05) is 31.6 Å². The van der Waals surface area contributed by atoms with E-state index in [1.165, 1.54) is 12.7 Å². The van der Waals surface area contributed by atoms with Crippen LogP contribution in [0.25, 0.3) is 11.2 Å². The third-order valence-electron chi connectivity index (χ3n) is 7.79. The Morgan fingerprint density at radius 2 is 1.64 bits per heavy atom. The van der Waals surface area contributed by atoms with Crippen molar-refractivity contribution in [2.24, 2.45) is 17.2 Å². The molecule has 42 heavy (non-hydrogen) atoms. The van der Waals surface area contributed by atoms with Gasteiger partial charge < -0.3 is 42.2 Å². The molecule has 0 saturated carbocycles. The number of aliphatic hydroxyl groups excluding tert-OH is 2. The summed E-state index contributed by atoms with van der Waals surface area (Å²) in [5.41, 5.74) is 18.1. The van der Waals surface area contributed by atoms with E-state index in [-0.39, 0.29) is 11.7 Å². The second kappa shape index (κ2) is 15.4. The van der Waals surface area contributed by atoms with Gasteiger partial charge in [0.25, 0.3) is 5.91 Å². The average molecular weight is 585 g/mol. The van der Waals surface area contributed by atoms with Crippen LogP contribution < -0.4 is 22.5 Å². The lowest BCUT2D eigenvalue weighted by Gasteiger charge is -2.39. The first-order chi connectivity index (χ1) is 20.5. The monoisotopic (exact) mass is 584 g/mol. The number of benzene rings is 1. The van der Waals surface area contributed by atoms with E-state index in [0.717, 1.165) is 44.9 Å². The minimum absolute atomic E-state index is 0.239. The molecule has 9 N–H and O–H groups in total. The molecule has 1 saturated heterocycles. The van der Waals surface area contributed by atoms with Crippen molar-refractivity contribution in [3.8, 4) is 0 Å². The number of fused-ring (bicyclic) bond motifs is 1. The van der Waals surface area contributed by atoms with E-state index >= 15 is 0 Å². The van der Waals surface area contributed by atoms with Gasteiger partial charge in [-0.2, -0.15) is 0 Å². The van der Waals surface area contributed by atoms with Crippen LogP contribution in [0.3, 0.4) is 0 Å². The molecule has 0 radical (unpaired) electrons. The molecule has 0 bridgehead atoms. The van der Waals surface area contributed by atoms with Crippen LogP contribution in [0.15, 0.2) is 43.0 Å². The van der Waals surface area contributed by atoms with Gasteiger partial charge in [0.2, 0.25) is 0 Å². The molecule has 0 aliphatic carbocycles. The number of hydrogen-bond acceptors (Lipinski definition) is 11. The number of ether oxygens (including phenoxy) is 2. The van der Waals surface area contributed by atoms with E-state index in [1.807, 2.05) is 6.07 Å². The Labute approximate surface area is 245 Å². The Hall–Kier alpha value is -3.04. The number of anilines is 1. The first kappa shape index (κ1) is 31.9. The Morgan fingerprint density at radius 1 is 0.976 bits per heavy atom. The quantitative estimate of drug-likeness (QED) is 0.125. The fourth-order valence-corrected chi connectivity index (χ4v) is 5.57. The van der Waals surface area contributed by atoms with Gasteiger partial charge in [-0.15, -0.1) is 0 Å². The van der Waals surface area contributed by atoms with Crippen molar-refractivity contribution in [2.45, 2.75) is 81.5 Å². The lowest BCUT2D eigenvalue weighted by molar-refractivity contribution is -0.162. The van der Waals surface area contributed by atoms with Crippen molar-refractivity contribution in [1.82, 2.24) is 19.5 Å². The first-order valence-electron chi connectivity index (χ1n) is 14.7. The van der Waals surface area contributed by atoms with Gasteiger partial charge in [-0.05, 0) is 83.1 Å². The molecule has 230 valence electrons. The molecule has 4 atom stereocenters. The number of amides is 1. The predicted octanol–water partition coefficient (Wildman–Crippen LogP) is 1.45. The Morgan fingerprint density at radius 3 is 2.29 bits per heavy atom. The molecule has 1 amide bonds. The summed E-state index contributed by atoms with van der Waals surface area (Å²) in [5, 5.41) is 24.2. The molecule has 0 spiro atoms. The van der Waals surface area contributed by atoms with Crippen LogP contribution in [0, 0.1) is 0 Å². The van der Waals surface area contributed by atoms with Gasteiger partial charge in [0.15, 0.2) is 23.2 Å². The number of nitrogens with one attached hydrogen (secondary N) is 1. The van der Waals surface area contributed by atoms with Crippen molar-refractivity contribution in [1.29, 1.82) is 0 Å². The summed E-state index contributed by atoms with van der Waals surface area (Å²) in [6.45, 7) is 1.26. The summed E-state index contributed by atoms with van der Waals surface area (Å²) in [7, 11) is 0. The molecule has 3 heterocycles. The van der Waals surface area contributed by atoms with E-state index in [4.69, 9.17) is 26.7 Å². The Balaban J connectivity index is 1.66. The number of carbonyl (C=O) groups excluding carboxylic acids is 1. The Kier molecular flexibility index (Phi) is 11.7. The summed E-state index contributed by atoms with van der Waals surface area (Å²) < 4.78 is 14.7. The van der Waals surface area contributed by atoms with Crippen LogP contribution in [0.5, 0.6) is 0 Å². The molecule has 13 nitrogen and oxygen atoms in total. The van der Waals surface area contributed by atoms with Crippen LogP contribution in [-0.2, 0) is 9.47 Å². The summed E-state index contributed by atoms with van der Waals surface area (Å²) in [6.07, 6.45) is 5.47. The number of aromatic nitrogens is 4. The van der Waals surface area contributed by atoms with Crippen LogP contribution in [0.1, 0.15) is 68.0 Å². The SMILES string of the molecule is NCCCCC(CCCN)(CCCCN)O[C@@H]1[C@H](O)[C@@H](CO)O[C@H]1n1cnc2c(NC(=O)c3ccccc3)ncnc21. The minimum Gasteiger partial charge on any atom is -0.394 e. The van der Waals surface area contributed by atoms with Crippen molar-refractivity contribution in [3.05, 3.63) is 48.5 Å². The summed E-state index contributed by atoms with van der Waals surface area (Å²) in [4.78, 5) is 26.0. The van der Waals surface area contributed by atoms with E-state index in [0.29, 0.717) is 42.8 Å². The normalized spacial score (nSPS) is 20.8. The van der Waals surface area contributed by atoms with E-state index in [1.54, 1.807) is 28.8 Å². The molecule has 4 rings (SSSR count). The zero-order valence-corrected chi connectivity index (χ0v) is 24.0. The first-order valence-corrected chi connectivity index (χ1v) is 14.7. The molecule has 1 aliphatic rings. The second-order valence-corrected chi connectivity index (χ2v) is 10.8. The van der Waals surface area contributed by atoms with Gasteiger partial charge in [0.1, 0.15) is 24.6 Å². The zero-order chi connectivity index (χ0) is 30.0. The standard InChI is InChI=1S/C29H44N8O5/c30-14-6-4-11-29(13-8-16-32,12-5-7-15-31)42-24-23(39)21(17-38)41-28(24)37-19-35-22-25(33-18-34-26(22)37)36-27(40)20-9-2-1-3-10-20/h1-3,9-10,18-19,21,23-24,28,38-39H,4-8,11-17,30-32H2,(H,33,34,36,40)/t21-,23-,24-,28-/m1/s1. The molecular weight excluding hydrogens is 540 g/mol. The molecule has 1 aliphatic heterocycles. The smallest absolute Gasteiger partial charge is 0.256 e. The molecular formula is C29H44N8O5. The second-order valence-electron chi connectivity index (χ2n) is 10.8. The maximum atomic E-state index is 12.8. The van der Waals surface area contributed by atoms with Gasteiger partial charge >= 0.3 is 0 Å². The number of nitrogens with zero attached hydrogens (tertiary/aromatic N) is 4. The lowest BCUT2D eigenvalue weighted by atomic mass is 9.85. The number of nitrogens with two attached hydrogens (primary N) is 3. The van der Waals surface area contributed by atoms with Crippen LogP contribution in [0.4, 0.5) is 5.82 Å². The highest BCUT2D eigenvalue weighted by molar-refractivity contribution is 6.06.